The molecule has 0 saturated heterocycles. The Morgan fingerprint density at radius 2 is 1.31 bits per heavy atom. The lowest BCUT2D eigenvalue weighted by Crippen LogP contribution is -2.43. The molecule has 0 bridgehead atoms. The molecule has 172 valence electrons. The van der Waals surface area contributed by atoms with Crippen LogP contribution in [0.15, 0.2) is 0 Å². The highest BCUT2D eigenvalue weighted by Gasteiger charge is 2.20. The normalized spacial score (nSPS) is 13.1. The first-order valence-electron chi connectivity index (χ1n) is 12.1. The second kappa shape index (κ2) is 20.2. The molecule has 0 aromatic heterocycles. The number of carbonyl (C=O) groups is 2. The predicted octanol–water partition coefficient (Wildman–Crippen LogP) is 5.68. The minimum Gasteiger partial charge on any atom is -0.469 e. The van der Waals surface area contributed by atoms with Crippen molar-refractivity contribution in [3.63, 3.8) is 0 Å². The van der Waals surface area contributed by atoms with E-state index >= 15 is 0 Å². The van der Waals surface area contributed by atoms with Crippen molar-refractivity contribution in [3.05, 3.63) is 0 Å². The number of nitrogens with one attached hydrogen (secondary N) is 1. The number of ether oxygens (including phenoxy) is 1. The van der Waals surface area contributed by atoms with Gasteiger partial charge in [-0.1, -0.05) is 84.5 Å². The summed E-state index contributed by atoms with van der Waals surface area (Å²) in [4.78, 5) is 23.3. The topological polar surface area (TPSA) is 75.6 Å². The molecule has 0 radical (unpaired) electrons. The van der Waals surface area contributed by atoms with Crippen LogP contribution in [0.3, 0.4) is 0 Å². The number of unbranched alkanes of at least 4 members (excludes halogenated alkanes) is 10. The van der Waals surface area contributed by atoms with E-state index in [1.165, 1.54) is 32.8 Å². The Balaban J connectivity index is 4.17. The van der Waals surface area contributed by atoms with Crippen LogP contribution in [-0.2, 0) is 14.3 Å². The molecular formula is C24H47NO4. The maximum Gasteiger partial charge on any atom is 0.305 e. The van der Waals surface area contributed by atoms with Crippen molar-refractivity contribution in [1.29, 1.82) is 0 Å². The summed E-state index contributed by atoms with van der Waals surface area (Å²) in [6.07, 6.45) is 16.3. The third-order valence-electron chi connectivity index (χ3n) is 5.55. The Kier molecular flexibility index (Phi) is 19.4. The van der Waals surface area contributed by atoms with Crippen LogP contribution in [-0.4, -0.2) is 36.2 Å². The van der Waals surface area contributed by atoms with Crippen molar-refractivity contribution >= 4 is 11.9 Å². The van der Waals surface area contributed by atoms with E-state index in [2.05, 4.69) is 23.9 Å². The van der Waals surface area contributed by atoms with E-state index in [4.69, 9.17) is 0 Å². The van der Waals surface area contributed by atoms with Gasteiger partial charge in [0.2, 0.25) is 5.91 Å². The third-order valence-corrected chi connectivity index (χ3v) is 5.55. The van der Waals surface area contributed by atoms with Crippen molar-refractivity contribution in [2.24, 2.45) is 0 Å². The molecule has 0 aromatic carbocycles. The first-order chi connectivity index (χ1) is 14.0. The van der Waals surface area contributed by atoms with Crippen molar-refractivity contribution in [3.8, 4) is 0 Å². The van der Waals surface area contributed by atoms with Gasteiger partial charge in [-0.3, -0.25) is 9.59 Å². The second-order valence-corrected chi connectivity index (χ2v) is 8.28. The van der Waals surface area contributed by atoms with E-state index in [0.29, 0.717) is 12.8 Å². The zero-order valence-corrected chi connectivity index (χ0v) is 19.3. The Labute approximate surface area is 179 Å². The van der Waals surface area contributed by atoms with Gasteiger partial charge in [0.05, 0.1) is 19.3 Å². The van der Waals surface area contributed by atoms with E-state index < -0.39 is 6.10 Å². The molecule has 29 heavy (non-hydrogen) atoms. The average molecular weight is 414 g/mol. The molecule has 0 aromatic rings. The molecule has 0 aliphatic heterocycles. The largest absolute Gasteiger partial charge is 0.469 e. The summed E-state index contributed by atoms with van der Waals surface area (Å²) in [6.45, 7) is 4.30. The summed E-state index contributed by atoms with van der Waals surface area (Å²) >= 11 is 0. The molecule has 0 heterocycles. The van der Waals surface area contributed by atoms with Crippen LogP contribution in [0.25, 0.3) is 0 Å². The van der Waals surface area contributed by atoms with Crippen LogP contribution in [0.1, 0.15) is 123 Å². The highest BCUT2D eigenvalue weighted by Crippen LogP contribution is 2.16. The van der Waals surface area contributed by atoms with Gasteiger partial charge in [0.25, 0.3) is 0 Å². The average Bonchev–Trinajstić information content (AvgIpc) is 2.72. The number of amides is 1. The van der Waals surface area contributed by atoms with Gasteiger partial charge in [0.1, 0.15) is 0 Å². The molecule has 1 amide bonds. The zero-order valence-electron chi connectivity index (χ0n) is 19.3. The SMILES string of the molecule is CCCCCCCCC(O)C(CCCCCCCC(=O)OC)NC(=O)CCCC. The predicted molar refractivity (Wildman–Crippen MR) is 120 cm³/mol. The lowest BCUT2D eigenvalue weighted by molar-refractivity contribution is -0.140. The summed E-state index contributed by atoms with van der Waals surface area (Å²) < 4.78 is 4.65. The van der Waals surface area contributed by atoms with E-state index in [1.807, 2.05) is 0 Å². The minimum absolute atomic E-state index is 0.0666. The van der Waals surface area contributed by atoms with Gasteiger partial charge in [-0.2, -0.15) is 0 Å². The highest BCUT2D eigenvalue weighted by molar-refractivity contribution is 5.76. The Morgan fingerprint density at radius 1 is 0.759 bits per heavy atom. The standard InChI is InChI=1S/C24H47NO4/c1-4-6-8-9-12-15-18-22(26)21(25-23(27)19-7-5-2)17-14-11-10-13-16-20-24(28)29-3/h21-22,26H,4-20H2,1-3H3,(H,25,27). The van der Waals surface area contributed by atoms with Crippen molar-refractivity contribution < 1.29 is 19.4 Å². The van der Waals surface area contributed by atoms with Gasteiger partial charge in [-0.25, -0.2) is 0 Å². The van der Waals surface area contributed by atoms with Crippen LogP contribution < -0.4 is 5.32 Å². The molecule has 2 N–H and O–H groups in total. The molecule has 2 atom stereocenters. The van der Waals surface area contributed by atoms with Crippen LogP contribution >= 0.6 is 0 Å². The highest BCUT2D eigenvalue weighted by atomic mass is 16.5. The lowest BCUT2D eigenvalue weighted by atomic mass is 9.97. The lowest BCUT2D eigenvalue weighted by Gasteiger charge is -2.24. The fourth-order valence-electron chi connectivity index (χ4n) is 3.58. The second-order valence-electron chi connectivity index (χ2n) is 8.28. The van der Waals surface area contributed by atoms with E-state index in [9.17, 15) is 14.7 Å². The van der Waals surface area contributed by atoms with Crippen LogP contribution in [0, 0.1) is 0 Å². The smallest absolute Gasteiger partial charge is 0.305 e. The fraction of sp³-hybridized carbons (Fsp3) is 0.917. The summed E-state index contributed by atoms with van der Waals surface area (Å²) in [7, 11) is 1.42. The number of hydrogen-bond donors (Lipinski definition) is 2. The Hall–Kier alpha value is -1.10. The molecule has 0 saturated carbocycles. The zero-order chi connectivity index (χ0) is 21.7. The van der Waals surface area contributed by atoms with Gasteiger partial charge in [0, 0.05) is 12.8 Å². The fourth-order valence-corrected chi connectivity index (χ4v) is 3.58. The number of aliphatic hydroxyl groups is 1. The first kappa shape index (κ1) is 27.9. The van der Waals surface area contributed by atoms with Gasteiger partial charge < -0.3 is 15.2 Å². The molecule has 5 heteroatoms. The van der Waals surface area contributed by atoms with Gasteiger partial charge >= 0.3 is 5.97 Å². The number of esters is 1. The number of hydrogen-bond acceptors (Lipinski definition) is 4. The third kappa shape index (κ3) is 17.5. The number of rotatable bonds is 20. The van der Waals surface area contributed by atoms with E-state index in [-0.39, 0.29) is 17.9 Å². The van der Waals surface area contributed by atoms with Gasteiger partial charge in [0.15, 0.2) is 0 Å². The van der Waals surface area contributed by atoms with Crippen LogP contribution in [0.2, 0.25) is 0 Å². The van der Waals surface area contributed by atoms with Gasteiger partial charge in [-0.15, -0.1) is 0 Å². The maximum absolute atomic E-state index is 12.2. The molecule has 2 unspecified atom stereocenters. The van der Waals surface area contributed by atoms with E-state index in [0.717, 1.165) is 70.6 Å². The van der Waals surface area contributed by atoms with E-state index in [1.54, 1.807) is 0 Å². The molecule has 0 fully saturated rings. The monoisotopic (exact) mass is 413 g/mol. The summed E-state index contributed by atoms with van der Waals surface area (Å²) in [6, 6.07) is -0.134. The van der Waals surface area contributed by atoms with Crippen molar-refractivity contribution in [1.82, 2.24) is 5.32 Å². The molecule has 0 aliphatic carbocycles. The Bertz CT molecular complexity index is 400. The first-order valence-corrected chi connectivity index (χ1v) is 12.1. The number of carbonyl (C=O) groups excluding carboxylic acids is 2. The summed E-state index contributed by atoms with van der Waals surface area (Å²) in [5.74, 6) is -0.0744. The maximum atomic E-state index is 12.2. The molecule has 0 rings (SSSR count). The van der Waals surface area contributed by atoms with Crippen LogP contribution in [0.5, 0.6) is 0 Å². The summed E-state index contributed by atoms with van der Waals surface area (Å²) in [5.41, 5.74) is 0. The molecular weight excluding hydrogens is 366 g/mol. The van der Waals surface area contributed by atoms with Gasteiger partial charge in [-0.05, 0) is 25.7 Å². The van der Waals surface area contributed by atoms with Crippen LogP contribution in [0.4, 0.5) is 0 Å². The minimum atomic E-state index is -0.453. The summed E-state index contributed by atoms with van der Waals surface area (Å²) in [5, 5.41) is 13.7. The molecule has 0 aliphatic rings. The molecule has 5 nitrogen and oxygen atoms in total. The van der Waals surface area contributed by atoms with Crippen molar-refractivity contribution in [2.45, 2.75) is 135 Å². The quantitative estimate of drug-likeness (QED) is 0.199. The Morgan fingerprint density at radius 3 is 1.93 bits per heavy atom. The molecule has 0 spiro atoms. The number of methoxy groups -OCH3 is 1. The number of aliphatic hydroxyl groups excluding tert-OH is 1. The van der Waals surface area contributed by atoms with Crippen molar-refractivity contribution in [2.75, 3.05) is 7.11 Å².